The largest absolute Gasteiger partial charge is 0.354 e. The zero-order chi connectivity index (χ0) is 19.1. The van der Waals surface area contributed by atoms with Crippen LogP contribution in [-0.2, 0) is 17.8 Å². The van der Waals surface area contributed by atoms with Crippen molar-refractivity contribution < 1.29 is 4.79 Å². The molecule has 0 bridgehead atoms. The van der Waals surface area contributed by atoms with Crippen LogP contribution in [0.4, 0.5) is 5.82 Å². The molecule has 0 spiro atoms. The van der Waals surface area contributed by atoms with E-state index in [0.29, 0.717) is 12.2 Å². The minimum Gasteiger partial charge on any atom is -0.354 e. The van der Waals surface area contributed by atoms with Gasteiger partial charge in [-0.3, -0.25) is 4.79 Å². The number of aromatic nitrogens is 6. The fourth-order valence-corrected chi connectivity index (χ4v) is 3.60. The number of amides is 1. The summed E-state index contributed by atoms with van der Waals surface area (Å²) in [7, 11) is 0. The molecule has 4 heterocycles. The van der Waals surface area contributed by atoms with Crippen LogP contribution in [0.2, 0.25) is 0 Å². The lowest BCUT2D eigenvalue weighted by atomic mass is 10.2. The molecular formula is C18H24N8O. The van der Waals surface area contributed by atoms with Crippen molar-refractivity contribution in [2.24, 2.45) is 0 Å². The van der Waals surface area contributed by atoms with Gasteiger partial charge in [-0.15, -0.1) is 0 Å². The van der Waals surface area contributed by atoms with Crippen LogP contribution < -0.4 is 10.2 Å². The maximum Gasteiger partial charge on any atom is 0.254 e. The maximum atomic E-state index is 12.1. The minimum atomic E-state index is -0.000890. The first kappa shape index (κ1) is 17.4. The van der Waals surface area contributed by atoms with Crippen LogP contribution in [0.25, 0.3) is 5.78 Å². The molecule has 0 unspecified atom stereocenters. The van der Waals surface area contributed by atoms with E-state index in [1.54, 1.807) is 4.52 Å². The Bertz CT molecular complexity index is 989. The summed E-state index contributed by atoms with van der Waals surface area (Å²) < 4.78 is 3.91. The quantitative estimate of drug-likeness (QED) is 0.746. The summed E-state index contributed by atoms with van der Waals surface area (Å²) in [6.45, 7) is 9.61. The van der Waals surface area contributed by atoms with Crippen molar-refractivity contribution in [1.82, 2.24) is 34.4 Å². The Hall–Kier alpha value is -2.97. The van der Waals surface area contributed by atoms with Gasteiger partial charge in [-0.25, -0.2) is 9.97 Å². The maximum absolute atomic E-state index is 12.1. The molecule has 9 nitrogen and oxygen atoms in total. The fraction of sp³-hybridized carbons (Fsp3) is 0.500. The van der Waals surface area contributed by atoms with Gasteiger partial charge in [-0.1, -0.05) is 0 Å². The molecule has 1 N–H and O–H groups in total. The van der Waals surface area contributed by atoms with Gasteiger partial charge in [0.15, 0.2) is 0 Å². The summed E-state index contributed by atoms with van der Waals surface area (Å²) in [5.74, 6) is 2.50. The van der Waals surface area contributed by atoms with Crippen molar-refractivity contribution in [2.75, 3.05) is 11.4 Å². The number of carbonyl (C=O) groups excluding carboxylic acids is 1. The van der Waals surface area contributed by atoms with E-state index in [-0.39, 0.29) is 18.0 Å². The van der Waals surface area contributed by atoms with E-state index in [0.717, 1.165) is 36.1 Å². The first-order valence-electron chi connectivity index (χ1n) is 9.21. The van der Waals surface area contributed by atoms with Crippen LogP contribution in [-0.4, -0.2) is 47.6 Å². The molecule has 3 aromatic heterocycles. The lowest BCUT2D eigenvalue weighted by Gasteiger charge is -2.35. The topological polar surface area (TPSA) is 93.2 Å². The lowest BCUT2D eigenvalue weighted by Crippen LogP contribution is -2.38. The van der Waals surface area contributed by atoms with Crippen LogP contribution in [0.15, 0.2) is 18.6 Å². The number of rotatable bonds is 4. The Balaban J connectivity index is 1.62. The smallest absolute Gasteiger partial charge is 0.254 e. The summed E-state index contributed by atoms with van der Waals surface area (Å²) in [4.78, 5) is 27.7. The van der Waals surface area contributed by atoms with E-state index in [1.165, 1.54) is 6.33 Å². The molecule has 4 rings (SSSR count). The Labute approximate surface area is 157 Å². The van der Waals surface area contributed by atoms with Crippen LogP contribution >= 0.6 is 0 Å². The van der Waals surface area contributed by atoms with Crippen molar-refractivity contribution in [2.45, 2.75) is 52.7 Å². The van der Waals surface area contributed by atoms with Crippen molar-refractivity contribution >= 4 is 17.5 Å². The van der Waals surface area contributed by atoms with Gasteiger partial charge in [0.25, 0.3) is 5.78 Å². The summed E-state index contributed by atoms with van der Waals surface area (Å²) in [5, 5.41) is 7.24. The fourth-order valence-electron chi connectivity index (χ4n) is 3.60. The molecule has 1 amide bonds. The third-order valence-electron chi connectivity index (χ3n) is 4.73. The number of hydrogen-bond acceptors (Lipinski definition) is 6. The zero-order valence-corrected chi connectivity index (χ0v) is 16.0. The molecule has 0 radical (unpaired) electrons. The molecule has 0 saturated heterocycles. The molecule has 27 heavy (non-hydrogen) atoms. The number of imidazole rings is 1. The average molecular weight is 368 g/mol. The van der Waals surface area contributed by atoms with Crippen LogP contribution in [0.5, 0.6) is 0 Å². The summed E-state index contributed by atoms with van der Waals surface area (Å²) in [6.07, 6.45) is 3.81. The highest BCUT2D eigenvalue weighted by Gasteiger charge is 2.28. The van der Waals surface area contributed by atoms with E-state index in [2.05, 4.69) is 36.8 Å². The van der Waals surface area contributed by atoms with Gasteiger partial charge in [0.1, 0.15) is 18.0 Å². The number of hydrogen-bond donors (Lipinski definition) is 1. The number of aryl methyl sites for hydroxylation is 1. The second-order valence-corrected chi connectivity index (χ2v) is 7.28. The minimum absolute atomic E-state index is 0.000890. The third-order valence-corrected chi connectivity index (χ3v) is 4.73. The predicted octanol–water partition coefficient (Wildman–Crippen LogP) is 1.28. The van der Waals surface area contributed by atoms with Crippen molar-refractivity contribution in [3.63, 3.8) is 0 Å². The first-order valence-corrected chi connectivity index (χ1v) is 9.21. The van der Waals surface area contributed by atoms with Gasteiger partial charge in [0.05, 0.1) is 18.2 Å². The molecule has 0 fully saturated rings. The summed E-state index contributed by atoms with van der Waals surface area (Å²) in [6, 6.07) is 2.20. The second-order valence-electron chi connectivity index (χ2n) is 7.28. The van der Waals surface area contributed by atoms with Crippen LogP contribution in [0, 0.1) is 6.92 Å². The van der Waals surface area contributed by atoms with Gasteiger partial charge in [-0.2, -0.15) is 14.6 Å². The highest BCUT2D eigenvalue weighted by atomic mass is 16.1. The molecule has 1 atom stereocenters. The highest BCUT2D eigenvalue weighted by Crippen LogP contribution is 2.30. The van der Waals surface area contributed by atoms with E-state index in [1.807, 2.05) is 33.0 Å². The van der Waals surface area contributed by atoms with Crippen LogP contribution in [0.1, 0.15) is 44.0 Å². The Morgan fingerprint density at radius 1 is 1.33 bits per heavy atom. The van der Waals surface area contributed by atoms with E-state index in [4.69, 9.17) is 4.98 Å². The molecule has 3 aromatic rings. The third kappa shape index (κ3) is 3.24. The molecular weight excluding hydrogens is 344 g/mol. The summed E-state index contributed by atoms with van der Waals surface area (Å²) in [5.41, 5.74) is 1.70. The lowest BCUT2D eigenvalue weighted by molar-refractivity contribution is -0.120. The van der Waals surface area contributed by atoms with Crippen molar-refractivity contribution in [3.8, 4) is 0 Å². The van der Waals surface area contributed by atoms with Gasteiger partial charge in [0, 0.05) is 37.1 Å². The van der Waals surface area contributed by atoms with Gasteiger partial charge < -0.3 is 14.8 Å². The summed E-state index contributed by atoms with van der Waals surface area (Å²) >= 11 is 0. The van der Waals surface area contributed by atoms with E-state index < -0.39 is 0 Å². The molecule has 1 aliphatic heterocycles. The SMILES string of the molecule is Cc1cc(N2CCn3cc(CC(=O)NC(C)C)nc3[C@H]2C)n2ncnc2n1. The second kappa shape index (κ2) is 6.64. The Kier molecular flexibility index (Phi) is 4.29. The van der Waals surface area contributed by atoms with E-state index >= 15 is 0 Å². The molecule has 0 aromatic carbocycles. The monoisotopic (exact) mass is 368 g/mol. The number of anilines is 1. The number of carbonyl (C=O) groups is 1. The van der Waals surface area contributed by atoms with Crippen LogP contribution in [0.3, 0.4) is 0 Å². The number of nitrogens with zero attached hydrogens (tertiary/aromatic N) is 7. The molecule has 1 aliphatic rings. The van der Waals surface area contributed by atoms with Gasteiger partial charge in [-0.05, 0) is 27.7 Å². The highest BCUT2D eigenvalue weighted by molar-refractivity contribution is 5.78. The zero-order valence-electron chi connectivity index (χ0n) is 16.0. The van der Waals surface area contributed by atoms with Crippen molar-refractivity contribution in [3.05, 3.63) is 35.8 Å². The predicted molar refractivity (Wildman–Crippen MR) is 100 cm³/mol. The Morgan fingerprint density at radius 3 is 2.93 bits per heavy atom. The molecule has 142 valence electrons. The number of nitrogens with one attached hydrogen (secondary N) is 1. The first-order chi connectivity index (χ1) is 12.9. The molecule has 0 saturated carbocycles. The standard InChI is InChI=1S/C18H24N8O/c1-11(2)21-15(27)8-14-9-24-5-6-25(13(4)17(24)23-14)16-7-12(3)22-18-19-10-20-26(16)18/h7,9-11,13H,5-6,8H2,1-4H3,(H,21,27)/t13-/m1/s1. The van der Waals surface area contributed by atoms with E-state index in [9.17, 15) is 4.79 Å². The van der Waals surface area contributed by atoms with Gasteiger partial charge >= 0.3 is 0 Å². The molecule has 0 aliphatic carbocycles. The molecule has 9 heteroatoms. The van der Waals surface area contributed by atoms with Crippen molar-refractivity contribution in [1.29, 1.82) is 0 Å². The average Bonchev–Trinajstić information content (AvgIpc) is 3.20. The normalized spacial score (nSPS) is 16.8. The number of fused-ring (bicyclic) bond motifs is 2. The van der Waals surface area contributed by atoms with Gasteiger partial charge in [0.2, 0.25) is 5.91 Å². The Morgan fingerprint density at radius 2 is 2.15 bits per heavy atom.